The number of anilines is 1. The van der Waals surface area contributed by atoms with E-state index in [1.807, 2.05) is 0 Å². The van der Waals surface area contributed by atoms with Crippen LogP contribution in [0.5, 0.6) is 11.5 Å². The fraction of sp³-hybridized carbons (Fsp3) is 0.231. The number of carbonyl (C=O) groups excluding carboxylic acids is 1. The second kappa shape index (κ2) is 7.03. The second-order valence-corrected chi connectivity index (χ2v) is 3.57. The van der Waals surface area contributed by atoms with E-state index in [0.717, 1.165) is 0 Å². The maximum atomic E-state index is 11.5. The van der Waals surface area contributed by atoms with E-state index in [1.165, 1.54) is 32.4 Å². The Morgan fingerprint density at radius 3 is 2.55 bits per heavy atom. The summed E-state index contributed by atoms with van der Waals surface area (Å²) in [7, 11) is 2.73. The molecule has 0 fully saturated rings. The number of methoxy groups -OCH3 is 2. The summed E-state index contributed by atoms with van der Waals surface area (Å²) >= 11 is 0. The summed E-state index contributed by atoms with van der Waals surface area (Å²) in [6.07, 6.45) is 0.590. The van der Waals surface area contributed by atoms with Crippen LogP contribution in [0.1, 0.15) is 10.4 Å². The highest BCUT2D eigenvalue weighted by Crippen LogP contribution is 2.32. The number of carboxylic acids is 1. The number of nitrogens with one attached hydrogen (secondary N) is 1. The van der Waals surface area contributed by atoms with Crippen LogP contribution in [0.3, 0.4) is 0 Å². The maximum Gasteiger partial charge on any atom is 0.411 e. The molecule has 0 radical (unpaired) electrons. The zero-order valence-electron chi connectivity index (χ0n) is 11.1. The normalized spacial score (nSPS) is 9.50. The van der Waals surface area contributed by atoms with E-state index in [4.69, 9.17) is 14.2 Å². The minimum absolute atomic E-state index is 0.00927. The molecule has 0 aliphatic heterocycles. The van der Waals surface area contributed by atoms with Gasteiger partial charge in [0.1, 0.15) is 23.7 Å². The molecule has 1 aromatic carbocycles. The summed E-state index contributed by atoms with van der Waals surface area (Å²) in [4.78, 5) is 22.8. The Hall–Kier alpha value is -2.70. The first kappa shape index (κ1) is 15.4. The van der Waals surface area contributed by atoms with Gasteiger partial charge in [-0.05, 0) is 0 Å². The number of rotatable bonds is 6. The van der Waals surface area contributed by atoms with Crippen molar-refractivity contribution in [3.8, 4) is 11.5 Å². The van der Waals surface area contributed by atoms with E-state index in [2.05, 4.69) is 11.9 Å². The number of ether oxygens (including phenoxy) is 3. The first-order valence-corrected chi connectivity index (χ1v) is 5.57. The lowest BCUT2D eigenvalue weighted by atomic mass is 10.1. The van der Waals surface area contributed by atoms with Gasteiger partial charge in [0.2, 0.25) is 0 Å². The zero-order valence-corrected chi connectivity index (χ0v) is 11.1. The topological polar surface area (TPSA) is 94.1 Å². The molecule has 0 aliphatic carbocycles. The summed E-state index contributed by atoms with van der Waals surface area (Å²) in [5, 5.41) is 11.5. The first-order chi connectivity index (χ1) is 9.53. The van der Waals surface area contributed by atoms with Crippen LogP contribution in [0.2, 0.25) is 0 Å². The SMILES string of the molecule is C=CCOC(=O)Nc1cc(OC)cc(OC)c1C(=O)O. The van der Waals surface area contributed by atoms with E-state index >= 15 is 0 Å². The van der Waals surface area contributed by atoms with Gasteiger partial charge in [0.25, 0.3) is 0 Å². The summed E-state index contributed by atoms with van der Waals surface area (Å²) in [6, 6.07) is 2.77. The molecule has 7 heteroatoms. The highest BCUT2D eigenvalue weighted by molar-refractivity contribution is 6.01. The number of hydrogen-bond acceptors (Lipinski definition) is 5. The number of hydrogen-bond donors (Lipinski definition) is 2. The Balaban J connectivity index is 3.17. The molecule has 0 aromatic heterocycles. The number of benzene rings is 1. The molecule has 0 heterocycles. The molecule has 0 unspecified atom stereocenters. The largest absolute Gasteiger partial charge is 0.497 e. The third kappa shape index (κ3) is 3.64. The van der Waals surface area contributed by atoms with Crippen molar-refractivity contribution in [3.63, 3.8) is 0 Å². The summed E-state index contributed by atoms with van der Waals surface area (Å²) in [5.41, 5.74) is -0.174. The lowest BCUT2D eigenvalue weighted by Gasteiger charge is -2.13. The third-order valence-corrected chi connectivity index (χ3v) is 2.31. The van der Waals surface area contributed by atoms with Gasteiger partial charge in [-0.25, -0.2) is 9.59 Å². The minimum Gasteiger partial charge on any atom is -0.497 e. The van der Waals surface area contributed by atoms with Crippen molar-refractivity contribution in [2.45, 2.75) is 0 Å². The van der Waals surface area contributed by atoms with Crippen LogP contribution in [0, 0.1) is 0 Å². The van der Waals surface area contributed by atoms with Crippen LogP contribution < -0.4 is 14.8 Å². The molecule has 0 bridgehead atoms. The van der Waals surface area contributed by atoms with Crippen LogP contribution in [0.15, 0.2) is 24.8 Å². The molecule has 108 valence electrons. The van der Waals surface area contributed by atoms with Crippen molar-refractivity contribution < 1.29 is 28.9 Å². The van der Waals surface area contributed by atoms with Crippen molar-refractivity contribution in [2.75, 3.05) is 26.1 Å². The van der Waals surface area contributed by atoms with Gasteiger partial charge < -0.3 is 19.3 Å². The first-order valence-electron chi connectivity index (χ1n) is 5.57. The molecule has 1 aromatic rings. The lowest BCUT2D eigenvalue weighted by molar-refractivity contribution is 0.0694. The Kier molecular flexibility index (Phi) is 5.40. The Labute approximate surface area is 115 Å². The standard InChI is InChI=1S/C13H15NO6/c1-4-5-20-13(17)14-9-6-8(18-2)7-10(19-3)11(9)12(15)16/h4,6-7H,1,5H2,2-3H3,(H,14,17)(H,15,16). The van der Waals surface area contributed by atoms with Gasteiger partial charge in [0.15, 0.2) is 0 Å². The zero-order chi connectivity index (χ0) is 15.1. The number of carbonyl (C=O) groups is 2. The van der Waals surface area contributed by atoms with Gasteiger partial charge in [0.05, 0.1) is 19.9 Å². The van der Waals surface area contributed by atoms with Gasteiger partial charge in [-0.3, -0.25) is 5.32 Å². The maximum absolute atomic E-state index is 11.5. The molecule has 1 amide bonds. The van der Waals surface area contributed by atoms with Gasteiger partial charge in [-0.15, -0.1) is 0 Å². The fourth-order valence-electron chi connectivity index (χ4n) is 1.47. The highest BCUT2D eigenvalue weighted by Gasteiger charge is 2.20. The molecule has 2 N–H and O–H groups in total. The van der Waals surface area contributed by atoms with Crippen molar-refractivity contribution in [3.05, 3.63) is 30.4 Å². The Morgan fingerprint density at radius 1 is 1.35 bits per heavy atom. The van der Waals surface area contributed by atoms with Crippen molar-refractivity contribution in [1.82, 2.24) is 0 Å². The molecule has 7 nitrogen and oxygen atoms in total. The van der Waals surface area contributed by atoms with E-state index in [0.29, 0.717) is 5.75 Å². The molecule has 0 saturated carbocycles. The van der Waals surface area contributed by atoms with Crippen molar-refractivity contribution in [1.29, 1.82) is 0 Å². The molecule has 20 heavy (non-hydrogen) atoms. The van der Waals surface area contributed by atoms with Crippen molar-refractivity contribution >= 4 is 17.7 Å². The smallest absolute Gasteiger partial charge is 0.411 e. The highest BCUT2D eigenvalue weighted by atomic mass is 16.5. The third-order valence-electron chi connectivity index (χ3n) is 2.31. The molecular weight excluding hydrogens is 266 g/mol. The van der Waals surface area contributed by atoms with Crippen LogP contribution in [-0.4, -0.2) is 38.0 Å². The van der Waals surface area contributed by atoms with Crippen molar-refractivity contribution in [2.24, 2.45) is 0 Å². The molecule has 0 aliphatic rings. The van der Waals surface area contributed by atoms with E-state index < -0.39 is 12.1 Å². The second-order valence-electron chi connectivity index (χ2n) is 3.57. The molecule has 1 rings (SSSR count). The fourth-order valence-corrected chi connectivity index (χ4v) is 1.47. The quantitative estimate of drug-likeness (QED) is 0.776. The van der Waals surface area contributed by atoms with Crippen LogP contribution in [0.4, 0.5) is 10.5 Å². The lowest BCUT2D eigenvalue weighted by Crippen LogP contribution is -2.16. The summed E-state index contributed by atoms with van der Waals surface area (Å²) in [6.45, 7) is 3.41. The van der Waals surface area contributed by atoms with Crippen LogP contribution >= 0.6 is 0 Å². The predicted octanol–water partition coefficient (Wildman–Crippen LogP) is 2.14. The predicted molar refractivity (Wildman–Crippen MR) is 71.7 cm³/mol. The monoisotopic (exact) mass is 281 g/mol. The van der Waals surface area contributed by atoms with E-state index in [-0.39, 0.29) is 23.6 Å². The molecular formula is C13H15NO6. The van der Waals surface area contributed by atoms with E-state index in [1.54, 1.807) is 0 Å². The van der Waals surface area contributed by atoms with Crippen LogP contribution in [0.25, 0.3) is 0 Å². The molecule has 0 spiro atoms. The van der Waals surface area contributed by atoms with Crippen LogP contribution in [-0.2, 0) is 4.74 Å². The van der Waals surface area contributed by atoms with Gasteiger partial charge in [-0.2, -0.15) is 0 Å². The van der Waals surface area contributed by atoms with Gasteiger partial charge in [-0.1, -0.05) is 12.7 Å². The average Bonchev–Trinajstić information content (AvgIpc) is 2.43. The summed E-state index contributed by atoms with van der Waals surface area (Å²) < 4.78 is 14.7. The minimum atomic E-state index is -1.25. The Bertz CT molecular complexity index is 526. The van der Waals surface area contributed by atoms with E-state index in [9.17, 15) is 14.7 Å². The average molecular weight is 281 g/mol. The Morgan fingerprint density at radius 2 is 2.05 bits per heavy atom. The summed E-state index contributed by atoms with van der Waals surface area (Å²) in [5.74, 6) is -0.842. The number of amides is 1. The van der Waals surface area contributed by atoms with Gasteiger partial charge in [0, 0.05) is 12.1 Å². The van der Waals surface area contributed by atoms with Gasteiger partial charge >= 0.3 is 12.1 Å². The molecule has 0 atom stereocenters. The number of carboxylic acid groups (broad SMARTS) is 1. The molecule has 0 saturated heterocycles. The number of aromatic carboxylic acids is 1.